The number of aliphatic hydroxyl groups is 1. The molecule has 0 radical (unpaired) electrons. The molecule has 4 nitrogen and oxygen atoms in total. The summed E-state index contributed by atoms with van der Waals surface area (Å²) in [4.78, 5) is 5.81. The Morgan fingerprint density at radius 2 is 1.92 bits per heavy atom. The van der Waals surface area contributed by atoms with E-state index in [2.05, 4.69) is 30.0 Å². The molecule has 0 spiro atoms. The van der Waals surface area contributed by atoms with E-state index >= 15 is 0 Å². The largest absolute Gasteiger partial charge is 0.453 e. The van der Waals surface area contributed by atoms with Crippen LogP contribution in [0.4, 0.5) is 0 Å². The van der Waals surface area contributed by atoms with E-state index < -0.39 is 0 Å². The van der Waals surface area contributed by atoms with Crippen molar-refractivity contribution in [1.82, 2.24) is 9.80 Å². The van der Waals surface area contributed by atoms with Gasteiger partial charge in [0.15, 0.2) is 5.09 Å². The fourth-order valence-corrected chi connectivity index (χ4v) is 4.30. The number of furan rings is 1. The number of halogens is 1. The van der Waals surface area contributed by atoms with E-state index in [9.17, 15) is 5.11 Å². The Morgan fingerprint density at radius 1 is 1.15 bits per heavy atom. The van der Waals surface area contributed by atoms with Gasteiger partial charge in [-0.15, -0.1) is 0 Å². The van der Waals surface area contributed by atoms with Crippen LogP contribution in [0, 0.1) is 5.92 Å². The first-order valence-corrected chi connectivity index (χ1v) is 10.2. The molecule has 0 bridgehead atoms. The molecule has 2 heterocycles. The SMILES string of the molecule is CN(C)[C@@H]1CC[C@H](CO)CN(Cc2ccc(Sc3ccc(Cl)cc3)o2)C1. The minimum absolute atomic E-state index is 0.256. The van der Waals surface area contributed by atoms with Gasteiger partial charge in [-0.2, -0.15) is 0 Å². The minimum Gasteiger partial charge on any atom is -0.453 e. The monoisotopic (exact) mass is 394 g/mol. The van der Waals surface area contributed by atoms with Crippen LogP contribution in [0.15, 0.2) is 50.8 Å². The molecule has 1 aliphatic heterocycles. The van der Waals surface area contributed by atoms with Crippen LogP contribution >= 0.6 is 23.4 Å². The maximum absolute atomic E-state index is 9.64. The van der Waals surface area contributed by atoms with Crippen LogP contribution in [0.25, 0.3) is 0 Å². The number of likely N-dealkylation sites (tertiary alicyclic amines) is 1. The van der Waals surface area contributed by atoms with E-state index in [0.717, 1.165) is 53.2 Å². The highest BCUT2D eigenvalue weighted by atomic mass is 35.5. The van der Waals surface area contributed by atoms with E-state index in [-0.39, 0.29) is 6.61 Å². The molecular formula is C20H27ClN2O2S. The Balaban J connectivity index is 1.63. The summed E-state index contributed by atoms with van der Waals surface area (Å²) in [7, 11) is 4.27. The molecule has 0 unspecified atom stereocenters. The second-order valence-corrected chi connectivity index (χ2v) is 8.73. The molecule has 1 aliphatic rings. The summed E-state index contributed by atoms with van der Waals surface area (Å²) in [5, 5.41) is 11.3. The summed E-state index contributed by atoms with van der Waals surface area (Å²) in [6.45, 7) is 2.96. The van der Waals surface area contributed by atoms with Crippen molar-refractivity contribution in [2.24, 2.45) is 5.92 Å². The van der Waals surface area contributed by atoms with Crippen molar-refractivity contribution < 1.29 is 9.52 Å². The molecule has 6 heteroatoms. The van der Waals surface area contributed by atoms with Gasteiger partial charge >= 0.3 is 0 Å². The van der Waals surface area contributed by atoms with Crippen molar-refractivity contribution in [2.75, 3.05) is 33.8 Å². The van der Waals surface area contributed by atoms with Crippen LogP contribution in [-0.2, 0) is 6.54 Å². The van der Waals surface area contributed by atoms with Gasteiger partial charge in [0.25, 0.3) is 0 Å². The summed E-state index contributed by atoms with van der Waals surface area (Å²) in [6, 6.07) is 12.4. The van der Waals surface area contributed by atoms with E-state index in [4.69, 9.17) is 16.0 Å². The van der Waals surface area contributed by atoms with E-state index in [1.165, 1.54) is 0 Å². The Bertz CT molecular complexity index is 689. The number of hydrogen-bond acceptors (Lipinski definition) is 5. The zero-order chi connectivity index (χ0) is 18.5. The number of rotatable bonds is 6. The minimum atomic E-state index is 0.256. The van der Waals surface area contributed by atoms with Crippen LogP contribution in [-0.4, -0.2) is 54.7 Å². The average molecular weight is 395 g/mol. The summed E-state index contributed by atoms with van der Waals surface area (Å²) < 4.78 is 6.04. The van der Waals surface area contributed by atoms with Gasteiger partial charge in [-0.3, -0.25) is 4.90 Å². The molecule has 2 atom stereocenters. The number of likely N-dealkylation sites (N-methyl/N-ethyl adjacent to an activating group) is 1. The fraction of sp³-hybridized carbons (Fsp3) is 0.500. The van der Waals surface area contributed by atoms with Crippen molar-refractivity contribution in [3.8, 4) is 0 Å². The van der Waals surface area contributed by atoms with Gasteiger partial charge in [0, 0.05) is 35.7 Å². The molecule has 26 heavy (non-hydrogen) atoms. The fourth-order valence-electron chi connectivity index (χ4n) is 3.39. The Labute approximate surface area is 165 Å². The molecule has 3 rings (SSSR count). The summed E-state index contributed by atoms with van der Waals surface area (Å²) in [5.74, 6) is 1.32. The molecular weight excluding hydrogens is 368 g/mol. The molecule has 1 N–H and O–H groups in total. The summed E-state index contributed by atoms with van der Waals surface area (Å²) in [6.07, 6.45) is 2.20. The van der Waals surface area contributed by atoms with Crippen LogP contribution in [0.3, 0.4) is 0 Å². The normalized spacial score (nSPS) is 21.9. The standard InChI is InChI=1S/C20H27ClN2O2S/c1-22(2)17-6-3-15(14-24)11-23(12-17)13-18-7-10-20(25-18)26-19-8-4-16(21)5-9-19/h4-5,7-10,15,17,24H,3,6,11-14H2,1-2H3/t15-,17+/m0/s1. The van der Waals surface area contributed by atoms with Gasteiger partial charge in [-0.1, -0.05) is 23.4 Å². The van der Waals surface area contributed by atoms with Gasteiger partial charge < -0.3 is 14.4 Å². The first-order chi connectivity index (χ1) is 12.5. The lowest BCUT2D eigenvalue weighted by Crippen LogP contribution is -2.39. The average Bonchev–Trinajstić information content (AvgIpc) is 2.94. The van der Waals surface area contributed by atoms with Crippen LogP contribution in [0.2, 0.25) is 5.02 Å². The number of hydrogen-bond donors (Lipinski definition) is 1. The van der Waals surface area contributed by atoms with Crippen molar-refractivity contribution in [3.63, 3.8) is 0 Å². The van der Waals surface area contributed by atoms with Crippen molar-refractivity contribution in [2.45, 2.75) is 35.4 Å². The predicted octanol–water partition coefficient (Wildman–Crippen LogP) is 4.22. The lowest BCUT2D eigenvalue weighted by molar-refractivity contribution is 0.149. The van der Waals surface area contributed by atoms with Crippen LogP contribution < -0.4 is 0 Å². The van der Waals surface area contributed by atoms with Crippen molar-refractivity contribution in [3.05, 3.63) is 47.2 Å². The highest BCUT2D eigenvalue weighted by Crippen LogP contribution is 2.30. The third kappa shape index (κ3) is 5.51. The Morgan fingerprint density at radius 3 is 2.62 bits per heavy atom. The van der Waals surface area contributed by atoms with Crippen molar-refractivity contribution in [1.29, 1.82) is 0 Å². The topological polar surface area (TPSA) is 39.9 Å². The van der Waals surface area contributed by atoms with E-state index in [1.54, 1.807) is 11.8 Å². The molecule has 1 aromatic carbocycles. The molecule has 2 aromatic rings. The lowest BCUT2D eigenvalue weighted by atomic mass is 10.0. The third-order valence-corrected chi connectivity index (χ3v) is 6.11. The molecule has 0 aliphatic carbocycles. The Kier molecular flexibility index (Phi) is 7.06. The van der Waals surface area contributed by atoms with Gasteiger partial charge in [-0.25, -0.2) is 0 Å². The maximum atomic E-state index is 9.64. The second-order valence-electron chi connectivity index (χ2n) is 7.21. The van der Waals surface area contributed by atoms with Gasteiger partial charge in [-0.05, 0) is 69.3 Å². The third-order valence-electron chi connectivity index (χ3n) is 4.93. The second kappa shape index (κ2) is 9.29. The zero-order valence-electron chi connectivity index (χ0n) is 15.4. The highest BCUT2D eigenvalue weighted by molar-refractivity contribution is 7.99. The van der Waals surface area contributed by atoms with E-state index in [1.807, 2.05) is 30.3 Å². The predicted molar refractivity (Wildman–Crippen MR) is 107 cm³/mol. The van der Waals surface area contributed by atoms with E-state index in [0.29, 0.717) is 12.0 Å². The first-order valence-electron chi connectivity index (χ1n) is 9.05. The first kappa shape index (κ1) is 19.8. The lowest BCUT2D eigenvalue weighted by Gasteiger charge is -2.28. The van der Waals surface area contributed by atoms with Crippen molar-refractivity contribution >= 4 is 23.4 Å². The van der Waals surface area contributed by atoms with Crippen LogP contribution in [0.1, 0.15) is 18.6 Å². The van der Waals surface area contributed by atoms with Gasteiger partial charge in [0.2, 0.25) is 0 Å². The summed E-state index contributed by atoms with van der Waals surface area (Å²) >= 11 is 7.54. The van der Waals surface area contributed by atoms with Gasteiger partial charge in [0.1, 0.15) is 5.76 Å². The molecule has 1 saturated heterocycles. The highest BCUT2D eigenvalue weighted by Gasteiger charge is 2.25. The zero-order valence-corrected chi connectivity index (χ0v) is 17.0. The number of aliphatic hydroxyl groups excluding tert-OH is 1. The quantitative estimate of drug-likeness (QED) is 0.794. The molecule has 1 aromatic heterocycles. The van der Waals surface area contributed by atoms with Crippen LogP contribution in [0.5, 0.6) is 0 Å². The smallest absolute Gasteiger partial charge is 0.165 e. The molecule has 1 fully saturated rings. The Hall–Kier alpha value is -0.980. The number of nitrogens with zero attached hydrogens (tertiary/aromatic N) is 2. The maximum Gasteiger partial charge on any atom is 0.165 e. The van der Waals surface area contributed by atoms with Gasteiger partial charge in [0.05, 0.1) is 6.54 Å². The number of benzene rings is 1. The summed E-state index contributed by atoms with van der Waals surface area (Å²) in [5.41, 5.74) is 0. The molecule has 0 amide bonds. The molecule has 0 saturated carbocycles. The molecule has 142 valence electrons.